The lowest BCUT2D eigenvalue weighted by Gasteiger charge is -2.38. The number of amides is 1. The molecule has 0 bridgehead atoms. The average molecular weight is 421 g/mol. The van der Waals surface area contributed by atoms with E-state index >= 15 is 0 Å². The average Bonchev–Trinajstić information content (AvgIpc) is 3.36. The second-order valence-corrected chi connectivity index (χ2v) is 7.68. The maximum atomic E-state index is 13.4. The van der Waals surface area contributed by atoms with E-state index in [4.69, 9.17) is 13.9 Å². The van der Waals surface area contributed by atoms with Gasteiger partial charge in [0.15, 0.2) is 17.3 Å². The molecule has 1 saturated heterocycles. The van der Waals surface area contributed by atoms with Crippen LogP contribution in [0.3, 0.4) is 0 Å². The molecule has 3 aromatic rings. The summed E-state index contributed by atoms with van der Waals surface area (Å²) in [4.78, 5) is 17.7. The van der Waals surface area contributed by atoms with Crippen molar-refractivity contribution in [3.05, 3.63) is 78.3 Å². The van der Waals surface area contributed by atoms with Gasteiger partial charge >= 0.3 is 0 Å². The predicted octanol–water partition coefficient (Wildman–Crippen LogP) is 4.61. The Hall–Kier alpha value is -3.25. The molecule has 0 atom stereocenters. The molecular weight excluding hydrogens is 392 g/mol. The Kier molecular flexibility index (Phi) is 6.57. The number of furan rings is 1. The van der Waals surface area contributed by atoms with Gasteiger partial charge in [-0.15, -0.1) is 0 Å². The van der Waals surface area contributed by atoms with Gasteiger partial charge in [-0.2, -0.15) is 0 Å². The van der Waals surface area contributed by atoms with Crippen LogP contribution in [-0.4, -0.2) is 44.2 Å². The molecular formula is C25H28N2O4. The molecule has 1 fully saturated rings. The van der Waals surface area contributed by atoms with Gasteiger partial charge in [0.2, 0.25) is 0 Å². The predicted molar refractivity (Wildman–Crippen MR) is 120 cm³/mol. The molecule has 1 aliphatic rings. The van der Waals surface area contributed by atoms with E-state index < -0.39 is 0 Å². The van der Waals surface area contributed by atoms with Crippen molar-refractivity contribution in [2.45, 2.75) is 25.4 Å². The van der Waals surface area contributed by atoms with E-state index in [1.54, 1.807) is 26.4 Å². The van der Waals surface area contributed by atoms with E-state index in [9.17, 15) is 4.79 Å². The minimum atomic E-state index is -0.140. The Labute approximate surface area is 183 Å². The first-order chi connectivity index (χ1) is 15.2. The molecule has 0 unspecified atom stereocenters. The number of piperidine rings is 1. The molecule has 6 nitrogen and oxygen atoms in total. The van der Waals surface area contributed by atoms with Crippen LogP contribution < -0.4 is 14.4 Å². The number of likely N-dealkylation sites (tertiary alicyclic amines) is 1. The number of nitrogens with zero attached hydrogens (tertiary/aromatic N) is 2. The van der Waals surface area contributed by atoms with E-state index in [1.807, 2.05) is 29.2 Å². The van der Waals surface area contributed by atoms with Gasteiger partial charge in [-0.25, -0.2) is 0 Å². The normalized spacial score (nSPS) is 14.9. The van der Waals surface area contributed by atoms with Crippen molar-refractivity contribution in [1.29, 1.82) is 0 Å². The Morgan fingerprint density at radius 3 is 2.39 bits per heavy atom. The minimum absolute atomic E-state index is 0.0720. The minimum Gasteiger partial charge on any atom is -0.493 e. The van der Waals surface area contributed by atoms with Crippen molar-refractivity contribution < 1.29 is 18.7 Å². The number of methoxy groups -OCH3 is 2. The molecule has 1 amide bonds. The molecule has 1 aromatic heterocycles. The number of anilines is 1. The molecule has 0 N–H and O–H groups in total. The zero-order valence-corrected chi connectivity index (χ0v) is 18.0. The van der Waals surface area contributed by atoms with Crippen LogP contribution in [0.25, 0.3) is 0 Å². The summed E-state index contributed by atoms with van der Waals surface area (Å²) in [7, 11) is 3.20. The Bertz CT molecular complexity index is 980. The molecule has 162 valence electrons. The Balaban J connectivity index is 1.55. The van der Waals surface area contributed by atoms with Gasteiger partial charge in [-0.1, -0.05) is 30.3 Å². The number of hydrogen-bond donors (Lipinski definition) is 0. The van der Waals surface area contributed by atoms with Crippen molar-refractivity contribution in [2.75, 3.05) is 32.2 Å². The highest BCUT2D eigenvalue weighted by molar-refractivity contribution is 6.04. The SMILES string of the molecule is COc1ccc(N(C(=O)c2ccco2)C2CCN(Cc3ccccc3)CC2)cc1OC. The summed E-state index contributed by atoms with van der Waals surface area (Å²) >= 11 is 0. The molecule has 0 spiro atoms. The standard InChI is InChI=1S/C25H28N2O4/c1-29-22-11-10-21(17-24(22)30-2)27(25(28)23-9-6-16-31-23)20-12-14-26(15-13-20)18-19-7-4-3-5-8-19/h3-11,16-17,20H,12-15,18H2,1-2H3. The summed E-state index contributed by atoms with van der Waals surface area (Å²) in [5.74, 6) is 1.42. The van der Waals surface area contributed by atoms with Crippen LogP contribution in [0.4, 0.5) is 5.69 Å². The number of ether oxygens (including phenoxy) is 2. The highest BCUT2D eigenvalue weighted by atomic mass is 16.5. The molecule has 0 aliphatic carbocycles. The number of carbonyl (C=O) groups excluding carboxylic acids is 1. The van der Waals surface area contributed by atoms with Crippen LogP contribution in [0.2, 0.25) is 0 Å². The van der Waals surface area contributed by atoms with Gasteiger partial charge in [0.1, 0.15) is 0 Å². The summed E-state index contributed by atoms with van der Waals surface area (Å²) in [6.07, 6.45) is 3.30. The third kappa shape index (κ3) is 4.75. The van der Waals surface area contributed by atoms with Crippen molar-refractivity contribution in [2.24, 2.45) is 0 Å². The summed E-state index contributed by atoms with van der Waals surface area (Å²) in [5.41, 5.74) is 2.09. The van der Waals surface area contributed by atoms with Crippen LogP contribution in [0, 0.1) is 0 Å². The maximum absolute atomic E-state index is 13.4. The fraction of sp³-hybridized carbons (Fsp3) is 0.320. The molecule has 2 heterocycles. The maximum Gasteiger partial charge on any atom is 0.294 e. The second kappa shape index (κ2) is 9.71. The van der Waals surface area contributed by atoms with E-state index in [2.05, 4.69) is 29.2 Å². The molecule has 0 radical (unpaired) electrons. The van der Waals surface area contributed by atoms with Gasteiger partial charge in [0.05, 0.1) is 20.5 Å². The van der Waals surface area contributed by atoms with E-state index in [-0.39, 0.29) is 11.9 Å². The molecule has 4 rings (SSSR count). The summed E-state index contributed by atoms with van der Waals surface area (Å²) in [5, 5.41) is 0. The lowest BCUT2D eigenvalue weighted by Crippen LogP contribution is -2.47. The second-order valence-electron chi connectivity index (χ2n) is 7.68. The van der Waals surface area contributed by atoms with Gasteiger partial charge in [-0.05, 0) is 42.7 Å². The van der Waals surface area contributed by atoms with Crippen LogP contribution in [0.15, 0.2) is 71.3 Å². The first-order valence-corrected chi connectivity index (χ1v) is 10.5. The van der Waals surface area contributed by atoms with Crippen molar-refractivity contribution in [3.63, 3.8) is 0 Å². The van der Waals surface area contributed by atoms with Crippen molar-refractivity contribution in [1.82, 2.24) is 4.90 Å². The first-order valence-electron chi connectivity index (χ1n) is 10.5. The number of hydrogen-bond acceptors (Lipinski definition) is 5. The number of carbonyl (C=O) groups is 1. The molecule has 1 aliphatic heterocycles. The number of benzene rings is 2. The zero-order valence-electron chi connectivity index (χ0n) is 18.0. The van der Waals surface area contributed by atoms with E-state index in [1.165, 1.54) is 11.8 Å². The molecule has 6 heteroatoms. The molecule has 31 heavy (non-hydrogen) atoms. The van der Waals surface area contributed by atoms with E-state index in [0.717, 1.165) is 38.2 Å². The lowest BCUT2D eigenvalue weighted by molar-refractivity contribution is 0.0931. The smallest absolute Gasteiger partial charge is 0.294 e. The van der Waals surface area contributed by atoms with Crippen molar-refractivity contribution >= 4 is 11.6 Å². The summed E-state index contributed by atoms with van der Waals surface area (Å²) in [6.45, 7) is 2.78. The topological polar surface area (TPSA) is 55.2 Å². The third-order valence-corrected chi connectivity index (χ3v) is 5.77. The fourth-order valence-electron chi connectivity index (χ4n) is 4.16. The van der Waals surface area contributed by atoms with Crippen LogP contribution in [0.1, 0.15) is 29.0 Å². The molecule has 2 aromatic carbocycles. The van der Waals surface area contributed by atoms with Gasteiger partial charge < -0.3 is 18.8 Å². The van der Waals surface area contributed by atoms with E-state index in [0.29, 0.717) is 17.3 Å². The highest BCUT2D eigenvalue weighted by Crippen LogP contribution is 2.34. The Morgan fingerprint density at radius 1 is 1.00 bits per heavy atom. The van der Waals surface area contributed by atoms with Crippen LogP contribution in [-0.2, 0) is 6.54 Å². The van der Waals surface area contributed by atoms with Gasteiger partial charge in [0.25, 0.3) is 5.91 Å². The first kappa shape index (κ1) is 21.0. The number of rotatable bonds is 7. The summed E-state index contributed by atoms with van der Waals surface area (Å²) in [6, 6.07) is 19.6. The Morgan fingerprint density at radius 2 is 1.74 bits per heavy atom. The lowest BCUT2D eigenvalue weighted by atomic mass is 10.0. The fourth-order valence-corrected chi connectivity index (χ4v) is 4.16. The monoisotopic (exact) mass is 420 g/mol. The largest absolute Gasteiger partial charge is 0.493 e. The van der Waals surface area contributed by atoms with Crippen LogP contribution >= 0.6 is 0 Å². The quantitative estimate of drug-likeness (QED) is 0.559. The van der Waals surface area contributed by atoms with Crippen molar-refractivity contribution in [3.8, 4) is 11.5 Å². The van der Waals surface area contributed by atoms with Gasteiger partial charge in [-0.3, -0.25) is 9.69 Å². The summed E-state index contributed by atoms with van der Waals surface area (Å²) < 4.78 is 16.3. The zero-order chi connectivity index (χ0) is 21.6. The highest BCUT2D eigenvalue weighted by Gasteiger charge is 2.31. The molecule has 0 saturated carbocycles. The van der Waals surface area contributed by atoms with Gasteiger partial charge in [0, 0.05) is 37.4 Å². The van der Waals surface area contributed by atoms with Crippen LogP contribution in [0.5, 0.6) is 11.5 Å². The third-order valence-electron chi connectivity index (χ3n) is 5.77.